The maximum absolute atomic E-state index is 8.81. The Morgan fingerprint density at radius 2 is 2.17 bits per heavy atom. The molecule has 90 valence electrons. The molecule has 0 aliphatic carbocycles. The maximum atomic E-state index is 8.81. The number of halogens is 1. The number of hydrogen-bond donors (Lipinski definition) is 0. The summed E-state index contributed by atoms with van der Waals surface area (Å²) < 4.78 is 5.91. The molecule has 18 heavy (non-hydrogen) atoms. The van der Waals surface area contributed by atoms with Crippen molar-refractivity contribution in [2.75, 3.05) is 7.11 Å². The van der Waals surface area contributed by atoms with Crippen LogP contribution in [0.25, 0.3) is 0 Å². The first-order chi connectivity index (χ1) is 8.72. The highest BCUT2D eigenvalue weighted by Gasteiger charge is 2.04. The Hall–Kier alpha value is -1.86. The zero-order chi connectivity index (χ0) is 13.0. The molecule has 0 saturated heterocycles. The van der Waals surface area contributed by atoms with Crippen molar-refractivity contribution in [3.63, 3.8) is 0 Å². The van der Waals surface area contributed by atoms with Crippen molar-refractivity contribution in [2.45, 2.75) is 6.42 Å². The summed E-state index contributed by atoms with van der Waals surface area (Å²) in [5.41, 5.74) is 2.60. The van der Waals surface area contributed by atoms with Gasteiger partial charge in [0.15, 0.2) is 5.69 Å². The van der Waals surface area contributed by atoms with E-state index in [0.717, 1.165) is 27.8 Å². The predicted octanol–water partition coefficient (Wildman–Crippen LogP) is 3.32. The second-order valence-electron chi connectivity index (χ2n) is 3.81. The molecule has 0 unspecified atom stereocenters. The van der Waals surface area contributed by atoms with Crippen LogP contribution < -0.4 is 4.74 Å². The first-order valence-corrected chi connectivity index (χ1v) is 6.19. The summed E-state index contributed by atoms with van der Waals surface area (Å²) in [6, 6.07) is 11.8. The van der Waals surface area contributed by atoms with Crippen molar-refractivity contribution in [1.29, 1.82) is 5.26 Å². The molecule has 0 aliphatic heterocycles. The number of rotatable bonds is 3. The van der Waals surface area contributed by atoms with Crippen LogP contribution in [-0.2, 0) is 6.42 Å². The number of hydrogen-bond acceptors (Lipinski definition) is 3. The molecular formula is C14H11BrN2O. The summed E-state index contributed by atoms with van der Waals surface area (Å²) in [6.45, 7) is 0. The zero-order valence-electron chi connectivity index (χ0n) is 9.85. The SMILES string of the molecule is COc1cccc(Cc2cnc(C#N)c(Br)c2)c1. The highest BCUT2D eigenvalue weighted by Crippen LogP contribution is 2.19. The van der Waals surface area contributed by atoms with Crippen molar-refractivity contribution in [2.24, 2.45) is 0 Å². The second-order valence-corrected chi connectivity index (χ2v) is 4.67. The molecule has 0 fully saturated rings. The van der Waals surface area contributed by atoms with Gasteiger partial charge in [0.1, 0.15) is 11.8 Å². The van der Waals surface area contributed by atoms with Gasteiger partial charge in [-0.05, 0) is 51.7 Å². The fourth-order valence-corrected chi connectivity index (χ4v) is 2.16. The Morgan fingerprint density at radius 3 is 2.83 bits per heavy atom. The molecule has 0 aliphatic rings. The van der Waals surface area contributed by atoms with Crippen LogP contribution in [0.2, 0.25) is 0 Å². The van der Waals surface area contributed by atoms with Crippen LogP contribution in [0.1, 0.15) is 16.8 Å². The molecule has 0 saturated carbocycles. The van der Waals surface area contributed by atoms with Gasteiger partial charge < -0.3 is 4.74 Å². The van der Waals surface area contributed by atoms with Crippen LogP contribution in [0.3, 0.4) is 0 Å². The maximum Gasteiger partial charge on any atom is 0.154 e. The van der Waals surface area contributed by atoms with Crippen molar-refractivity contribution < 1.29 is 4.74 Å². The van der Waals surface area contributed by atoms with E-state index in [4.69, 9.17) is 10.00 Å². The van der Waals surface area contributed by atoms with E-state index in [9.17, 15) is 0 Å². The molecule has 0 spiro atoms. The van der Waals surface area contributed by atoms with Gasteiger partial charge >= 0.3 is 0 Å². The van der Waals surface area contributed by atoms with Gasteiger partial charge in [-0.3, -0.25) is 0 Å². The number of pyridine rings is 1. The van der Waals surface area contributed by atoms with E-state index in [1.807, 2.05) is 36.4 Å². The third-order valence-corrected chi connectivity index (χ3v) is 3.15. The highest BCUT2D eigenvalue weighted by atomic mass is 79.9. The Bertz CT molecular complexity index is 605. The summed E-state index contributed by atoms with van der Waals surface area (Å²) in [7, 11) is 1.65. The van der Waals surface area contributed by atoms with Crippen LogP contribution in [0, 0.1) is 11.3 Å². The monoisotopic (exact) mass is 302 g/mol. The Labute approximate surface area is 114 Å². The molecule has 0 amide bonds. The van der Waals surface area contributed by atoms with Gasteiger partial charge in [0.2, 0.25) is 0 Å². The van der Waals surface area contributed by atoms with Gasteiger partial charge in [-0.15, -0.1) is 0 Å². The van der Waals surface area contributed by atoms with E-state index in [0.29, 0.717) is 5.69 Å². The smallest absolute Gasteiger partial charge is 0.154 e. The molecule has 1 aromatic heterocycles. The van der Waals surface area contributed by atoms with E-state index >= 15 is 0 Å². The molecular weight excluding hydrogens is 292 g/mol. The first-order valence-electron chi connectivity index (χ1n) is 5.40. The third-order valence-electron chi connectivity index (χ3n) is 2.55. The van der Waals surface area contributed by atoms with Crippen molar-refractivity contribution in [3.05, 3.63) is 57.8 Å². The van der Waals surface area contributed by atoms with E-state index in [2.05, 4.69) is 20.9 Å². The molecule has 2 rings (SSSR count). The molecule has 1 heterocycles. The first kappa shape index (κ1) is 12.6. The quantitative estimate of drug-likeness (QED) is 0.874. The largest absolute Gasteiger partial charge is 0.497 e. The van der Waals surface area contributed by atoms with Crippen molar-refractivity contribution in [3.8, 4) is 11.8 Å². The standard InChI is InChI=1S/C14H11BrN2O/c1-18-12-4-2-3-10(6-12)5-11-7-13(15)14(8-16)17-9-11/h2-4,6-7,9H,5H2,1H3. The fraction of sp³-hybridized carbons (Fsp3) is 0.143. The normalized spacial score (nSPS) is 9.83. The lowest BCUT2D eigenvalue weighted by molar-refractivity contribution is 0.414. The topological polar surface area (TPSA) is 45.9 Å². The molecule has 4 heteroatoms. The van der Waals surface area contributed by atoms with Crippen LogP contribution in [0.15, 0.2) is 41.0 Å². The van der Waals surface area contributed by atoms with Gasteiger partial charge in [0.05, 0.1) is 11.6 Å². The minimum Gasteiger partial charge on any atom is -0.497 e. The molecule has 3 nitrogen and oxygen atoms in total. The van der Waals surface area contributed by atoms with Gasteiger partial charge in [0.25, 0.3) is 0 Å². The van der Waals surface area contributed by atoms with Crippen LogP contribution in [0.5, 0.6) is 5.75 Å². The lowest BCUT2D eigenvalue weighted by Crippen LogP contribution is -1.93. The van der Waals surface area contributed by atoms with Crippen LogP contribution >= 0.6 is 15.9 Å². The zero-order valence-corrected chi connectivity index (χ0v) is 11.4. The van der Waals surface area contributed by atoms with Crippen LogP contribution in [0.4, 0.5) is 0 Å². The van der Waals surface area contributed by atoms with Gasteiger partial charge in [-0.1, -0.05) is 12.1 Å². The van der Waals surface area contributed by atoms with Crippen LogP contribution in [-0.4, -0.2) is 12.1 Å². The third kappa shape index (κ3) is 2.88. The summed E-state index contributed by atoms with van der Waals surface area (Å²) in [5, 5.41) is 8.81. The average Bonchev–Trinajstić information content (AvgIpc) is 2.39. The summed E-state index contributed by atoms with van der Waals surface area (Å²) in [4.78, 5) is 4.10. The molecule has 0 radical (unpaired) electrons. The number of nitriles is 1. The molecule has 2 aromatic rings. The second kappa shape index (κ2) is 5.65. The minimum atomic E-state index is 0.407. The number of nitrogens with zero attached hydrogens (tertiary/aromatic N) is 2. The van der Waals surface area contributed by atoms with E-state index in [-0.39, 0.29) is 0 Å². The lowest BCUT2D eigenvalue weighted by atomic mass is 10.1. The molecule has 1 aromatic carbocycles. The Balaban J connectivity index is 2.23. The summed E-state index contributed by atoms with van der Waals surface area (Å²) >= 11 is 3.34. The van der Waals surface area contributed by atoms with Crippen molar-refractivity contribution in [1.82, 2.24) is 4.98 Å². The van der Waals surface area contributed by atoms with E-state index < -0.39 is 0 Å². The lowest BCUT2D eigenvalue weighted by Gasteiger charge is -2.05. The number of ether oxygens (including phenoxy) is 1. The van der Waals surface area contributed by atoms with Crippen molar-refractivity contribution >= 4 is 15.9 Å². The number of benzene rings is 1. The average molecular weight is 303 g/mol. The molecule has 0 atom stereocenters. The molecule has 0 N–H and O–H groups in total. The predicted molar refractivity (Wildman–Crippen MR) is 72.5 cm³/mol. The van der Waals surface area contributed by atoms with E-state index in [1.54, 1.807) is 13.3 Å². The minimum absolute atomic E-state index is 0.407. The fourth-order valence-electron chi connectivity index (χ4n) is 1.67. The summed E-state index contributed by atoms with van der Waals surface area (Å²) in [6.07, 6.45) is 2.48. The van der Waals surface area contributed by atoms with E-state index in [1.165, 1.54) is 0 Å². The highest BCUT2D eigenvalue weighted by molar-refractivity contribution is 9.10. The Morgan fingerprint density at radius 1 is 1.33 bits per heavy atom. The summed E-state index contributed by atoms with van der Waals surface area (Å²) in [5.74, 6) is 0.841. The van der Waals surface area contributed by atoms with Gasteiger partial charge in [-0.25, -0.2) is 4.98 Å². The number of methoxy groups -OCH3 is 1. The van der Waals surface area contributed by atoms with Gasteiger partial charge in [0, 0.05) is 6.20 Å². The Kier molecular flexibility index (Phi) is 3.96. The van der Waals surface area contributed by atoms with Gasteiger partial charge in [-0.2, -0.15) is 5.26 Å². The molecule has 0 bridgehead atoms. The number of aromatic nitrogens is 1.